The van der Waals surface area contributed by atoms with E-state index in [-0.39, 0.29) is 49.0 Å². The number of anilines is 2. The summed E-state index contributed by atoms with van der Waals surface area (Å²) in [4.78, 5) is 27.7. The first kappa shape index (κ1) is 24.0. The van der Waals surface area contributed by atoms with Crippen molar-refractivity contribution in [1.82, 2.24) is 19.9 Å². The summed E-state index contributed by atoms with van der Waals surface area (Å²) >= 11 is 0. The van der Waals surface area contributed by atoms with Gasteiger partial charge in [0.1, 0.15) is 42.0 Å². The molecule has 0 radical (unpaired) electrons. The van der Waals surface area contributed by atoms with Crippen LogP contribution in [0.25, 0.3) is 10.9 Å². The van der Waals surface area contributed by atoms with Crippen molar-refractivity contribution in [3.8, 4) is 11.8 Å². The fraction of sp³-hybridized carbons (Fsp3) is 0.391. The highest BCUT2D eigenvalue weighted by atomic mass is 19.4. The molecule has 190 valence electrons. The molecule has 1 N–H and O–H groups in total. The third-order valence-corrected chi connectivity index (χ3v) is 6.01. The van der Waals surface area contributed by atoms with Gasteiger partial charge < -0.3 is 14.8 Å². The summed E-state index contributed by atoms with van der Waals surface area (Å²) in [6.07, 6.45) is -3.72. The summed E-state index contributed by atoms with van der Waals surface area (Å²) in [5.41, 5.74) is -0.862. The number of hydrogen-bond donors (Lipinski definition) is 1. The number of nitrogens with zero attached hydrogens (tertiary/aromatic N) is 5. The lowest BCUT2D eigenvalue weighted by molar-refractivity contribution is -0.136. The van der Waals surface area contributed by atoms with Crippen LogP contribution in [0.15, 0.2) is 24.4 Å². The van der Waals surface area contributed by atoms with Gasteiger partial charge in [-0.2, -0.15) is 23.1 Å². The zero-order chi connectivity index (χ0) is 25.6. The molecule has 0 unspecified atom stereocenters. The van der Waals surface area contributed by atoms with Crippen LogP contribution >= 0.6 is 0 Å². The molecular formula is C23H22F4N6O3. The number of ether oxygens (including phenoxy) is 2. The Morgan fingerprint density at radius 1 is 1.14 bits per heavy atom. The molecule has 0 aliphatic carbocycles. The minimum absolute atomic E-state index is 0.00355. The Balaban J connectivity index is 1.72. The SMILES string of the molecule is C[C@H]1Nc2nc(nc3cnc(N4CCN(C)CC4=O)c(C(F)(F)F)c23)OCCOc2ccc(F)cc21. The van der Waals surface area contributed by atoms with Crippen LogP contribution in [0.3, 0.4) is 0 Å². The van der Waals surface area contributed by atoms with Crippen molar-refractivity contribution >= 4 is 28.4 Å². The Labute approximate surface area is 203 Å². The van der Waals surface area contributed by atoms with Crippen molar-refractivity contribution in [3.05, 3.63) is 41.3 Å². The zero-order valence-electron chi connectivity index (χ0n) is 19.4. The van der Waals surface area contributed by atoms with Crippen LogP contribution in [0.5, 0.6) is 11.8 Å². The van der Waals surface area contributed by atoms with Crippen molar-refractivity contribution < 1.29 is 31.8 Å². The number of pyridine rings is 1. The molecule has 0 saturated carbocycles. The van der Waals surface area contributed by atoms with Crippen LogP contribution in [0.1, 0.15) is 24.1 Å². The standard InChI is InChI=1S/C23H22F4N6O3/c1-12-14-9-13(24)3-4-16(14)35-7-8-36-22-30-15-10-28-21(33-6-5-32(2)11-17(33)34)19(23(25,26)27)18(15)20(29-12)31-22/h3-4,9-10,12H,5-8,11H2,1-2H3,(H,29,30,31)/t12-/m1/s1. The number of aromatic nitrogens is 3. The van der Waals surface area contributed by atoms with E-state index in [1.165, 1.54) is 24.4 Å². The number of nitrogens with one attached hydrogen (secondary N) is 1. The topological polar surface area (TPSA) is 92.7 Å². The maximum Gasteiger partial charge on any atom is 0.420 e. The third kappa shape index (κ3) is 4.45. The van der Waals surface area contributed by atoms with Gasteiger partial charge in [-0.25, -0.2) is 9.37 Å². The third-order valence-electron chi connectivity index (χ3n) is 6.01. The van der Waals surface area contributed by atoms with Crippen LogP contribution in [0.2, 0.25) is 0 Å². The normalized spacial score (nSPS) is 19.1. The summed E-state index contributed by atoms with van der Waals surface area (Å²) in [6.45, 7) is 2.12. The number of rotatable bonds is 1. The van der Waals surface area contributed by atoms with Crippen LogP contribution in [-0.2, 0) is 11.0 Å². The van der Waals surface area contributed by atoms with Crippen molar-refractivity contribution in [2.45, 2.75) is 19.1 Å². The van der Waals surface area contributed by atoms with E-state index in [9.17, 15) is 22.4 Å². The van der Waals surface area contributed by atoms with Crippen LogP contribution in [0, 0.1) is 5.82 Å². The van der Waals surface area contributed by atoms with E-state index in [1.807, 2.05) is 0 Å². The van der Waals surface area contributed by atoms with Crippen LogP contribution in [-0.4, -0.2) is 65.7 Å². The summed E-state index contributed by atoms with van der Waals surface area (Å²) < 4.78 is 69.0. The number of carbonyl (C=O) groups is 1. The van der Waals surface area contributed by atoms with Crippen LogP contribution < -0.4 is 19.7 Å². The molecule has 13 heteroatoms. The molecule has 2 aromatic heterocycles. The molecule has 3 aromatic rings. The van der Waals surface area contributed by atoms with Gasteiger partial charge in [0, 0.05) is 18.7 Å². The van der Waals surface area contributed by atoms with E-state index in [0.29, 0.717) is 17.9 Å². The molecule has 2 bridgehead atoms. The zero-order valence-corrected chi connectivity index (χ0v) is 19.4. The number of carbonyl (C=O) groups excluding carboxylic acids is 1. The Kier molecular flexibility index (Phi) is 6.02. The minimum atomic E-state index is -4.89. The first-order chi connectivity index (χ1) is 17.1. The first-order valence-corrected chi connectivity index (χ1v) is 11.2. The van der Waals surface area contributed by atoms with E-state index in [2.05, 4.69) is 20.3 Å². The first-order valence-electron chi connectivity index (χ1n) is 11.2. The second-order valence-corrected chi connectivity index (χ2v) is 8.60. The molecular weight excluding hydrogens is 484 g/mol. The summed E-state index contributed by atoms with van der Waals surface area (Å²) in [7, 11) is 1.71. The van der Waals surface area contributed by atoms with Crippen molar-refractivity contribution in [2.24, 2.45) is 0 Å². The van der Waals surface area contributed by atoms with Gasteiger partial charge in [0.2, 0.25) is 5.91 Å². The van der Waals surface area contributed by atoms with E-state index in [4.69, 9.17) is 9.47 Å². The summed E-state index contributed by atoms with van der Waals surface area (Å²) in [5, 5.41) is 2.58. The lowest BCUT2D eigenvalue weighted by atomic mass is 10.1. The highest BCUT2D eigenvalue weighted by Crippen LogP contribution is 2.44. The smallest absolute Gasteiger partial charge is 0.420 e. The van der Waals surface area contributed by atoms with Gasteiger partial charge in [-0.05, 0) is 32.2 Å². The molecule has 9 nitrogen and oxygen atoms in total. The Morgan fingerprint density at radius 3 is 2.67 bits per heavy atom. The molecule has 1 aromatic carbocycles. The monoisotopic (exact) mass is 506 g/mol. The lowest BCUT2D eigenvalue weighted by Crippen LogP contribution is -2.49. The van der Waals surface area contributed by atoms with Crippen molar-refractivity contribution in [2.75, 3.05) is 50.1 Å². The van der Waals surface area contributed by atoms with E-state index in [0.717, 1.165) is 4.90 Å². The molecule has 4 heterocycles. The summed E-state index contributed by atoms with van der Waals surface area (Å²) in [6, 6.07) is 3.05. The predicted molar refractivity (Wildman–Crippen MR) is 122 cm³/mol. The number of likely N-dealkylation sites (N-methyl/N-ethyl adjacent to an activating group) is 1. The lowest BCUT2D eigenvalue weighted by Gasteiger charge is -2.33. The molecule has 36 heavy (non-hydrogen) atoms. The molecule has 1 saturated heterocycles. The predicted octanol–water partition coefficient (Wildman–Crippen LogP) is 3.41. The van der Waals surface area contributed by atoms with Crippen molar-refractivity contribution in [3.63, 3.8) is 0 Å². The van der Waals surface area contributed by atoms with Gasteiger partial charge in [-0.15, -0.1) is 0 Å². The Bertz CT molecular complexity index is 1340. The highest BCUT2D eigenvalue weighted by molar-refractivity contribution is 6.01. The number of piperazine rings is 1. The van der Waals surface area contributed by atoms with Crippen LogP contribution in [0.4, 0.5) is 29.2 Å². The molecule has 0 spiro atoms. The second kappa shape index (κ2) is 9.04. The average molecular weight is 506 g/mol. The van der Waals surface area contributed by atoms with Crippen molar-refractivity contribution in [1.29, 1.82) is 0 Å². The minimum Gasteiger partial charge on any atom is -0.490 e. The fourth-order valence-corrected chi connectivity index (χ4v) is 4.31. The maximum absolute atomic E-state index is 14.6. The number of benzene rings is 1. The molecule has 1 fully saturated rings. The van der Waals surface area contributed by atoms with E-state index in [1.54, 1.807) is 18.9 Å². The second-order valence-electron chi connectivity index (χ2n) is 8.60. The molecule has 1 amide bonds. The largest absolute Gasteiger partial charge is 0.490 e. The number of fused-ring (bicyclic) bond motifs is 5. The fourth-order valence-electron chi connectivity index (χ4n) is 4.31. The van der Waals surface area contributed by atoms with Gasteiger partial charge in [-0.3, -0.25) is 14.6 Å². The van der Waals surface area contributed by atoms with Gasteiger partial charge >= 0.3 is 12.2 Å². The number of amides is 1. The van der Waals surface area contributed by atoms with E-state index >= 15 is 0 Å². The number of halogens is 4. The molecule has 5 rings (SSSR count). The average Bonchev–Trinajstić information content (AvgIpc) is 2.83. The number of alkyl halides is 3. The highest BCUT2D eigenvalue weighted by Gasteiger charge is 2.41. The molecule has 2 aliphatic heterocycles. The van der Waals surface area contributed by atoms with Gasteiger partial charge in [0.25, 0.3) is 0 Å². The maximum atomic E-state index is 14.6. The van der Waals surface area contributed by atoms with E-state index < -0.39 is 35.3 Å². The van der Waals surface area contributed by atoms with Gasteiger partial charge in [-0.1, -0.05) is 0 Å². The Morgan fingerprint density at radius 2 is 1.92 bits per heavy atom. The molecule has 2 aliphatic rings. The number of hydrogen-bond acceptors (Lipinski definition) is 8. The van der Waals surface area contributed by atoms with Gasteiger partial charge in [0.15, 0.2) is 0 Å². The summed E-state index contributed by atoms with van der Waals surface area (Å²) in [5.74, 6) is -1.37. The Hall–Kier alpha value is -3.74. The molecule has 1 atom stereocenters. The van der Waals surface area contributed by atoms with Gasteiger partial charge in [0.05, 0.1) is 29.7 Å². The quantitative estimate of drug-likeness (QED) is 0.502.